The molecular weight excluding hydrogens is 384 g/mol. The predicted molar refractivity (Wildman–Crippen MR) is 114 cm³/mol. The van der Waals surface area contributed by atoms with Gasteiger partial charge >= 0.3 is 5.97 Å². The van der Waals surface area contributed by atoms with E-state index in [9.17, 15) is 14.4 Å². The summed E-state index contributed by atoms with van der Waals surface area (Å²) in [5.41, 5.74) is 0. The van der Waals surface area contributed by atoms with Crippen LogP contribution >= 0.6 is 0 Å². The third-order valence-electron chi connectivity index (χ3n) is 6.30. The lowest BCUT2D eigenvalue weighted by atomic mass is 9.69. The number of allylic oxidation sites excluding steroid dienone is 1. The van der Waals surface area contributed by atoms with Gasteiger partial charge in [-0.25, -0.2) is 0 Å². The lowest BCUT2D eigenvalue weighted by Crippen LogP contribution is -2.47. The van der Waals surface area contributed by atoms with E-state index < -0.39 is 17.9 Å². The third kappa shape index (κ3) is 5.42. The van der Waals surface area contributed by atoms with E-state index in [-0.39, 0.29) is 42.8 Å². The maximum Gasteiger partial charge on any atom is 0.310 e. The van der Waals surface area contributed by atoms with Crippen LogP contribution in [-0.4, -0.2) is 60.1 Å². The molecule has 2 amide bonds. The molecule has 7 nitrogen and oxygen atoms in total. The Bertz CT molecular complexity index is 621. The van der Waals surface area contributed by atoms with Crippen molar-refractivity contribution in [1.82, 2.24) is 10.2 Å². The van der Waals surface area contributed by atoms with Gasteiger partial charge in [-0.2, -0.15) is 0 Å². The van der Waals surface area contributed by atoms with Crippen LogP contribution in [0, 0.1) is 23.7 Å². The molecule has 0 aromatic carbocycles. The van der Waals surface area contributed by atoms with Crippen LogP contribution in [-0.2, 0) is 19.1 Å². The molecule has 0 aromatic rings. The molecule has 2 N–H and O–H groups in total. The third-order valence-corrected chi connectivity index (χ3v) is 6.30. The fourth-order valence-corrected chi connectivity index (χ4v) is 4.75. The van der Waals surface area contributed by atoms with Crippen LogP contribution in [0.2, 0.25) is 0 Å². The van der Waals surface area contributed by atoms with Gasteiger partial charge in [-0.3, -0.25) is 14.4 Å². The Balaban J connectivity index is 2.31. The number of fused-ring (bicyclic) bond motifs is 1. The molecule has 2 aliphatic rings. The first-order valence-electron chi connectivity index (χ1n) is 11.6. The van der Waals surface area contributed by atoms with Crippen molar-refractivity contribution in [3.63, 3.8) is 0 Å². The number of likely N-dealkylation sites (tertiary alicyclic amines) is 1. The molecule has 0 radical (unpaired) electrons. The Morgan fingerprint density at radius 1 is 1.13 bits per heavy atom. The zero-order valence-electron chi connectivity index (χ0n) is 18.6. The normalized spacial score (nSPS) is 27.8. The van der Waals surface area contributed by atoms with Gasteiger partial charge in [0.2, 0.25) is 11.8 Å². The topological polar surface area (TPSA) is 95.9 Å². The van der Waals surface area contributed by atoms with Gasteiger partial charge < -0.3 is 20.1 Å². The molecular formula is C23H38N2O5. The zero-order chi connectivity index (χ0) is 22.1. The highest BCUT2D eigenvalue weighted by Gasteiger charge is 2.57. The number of esters is 1. The molecule has 30 heavy (non-hydrogen) atoms. The molecule has 5 atom stereocenters. The summed E-state index contributed by atoms with van der Waals surface area (Å²) in [5.74, 6) is -2.11. The summed E-state index contributed by atoms with van der Waals surface area (Å²) in [7, 11) is 0. The lowest BCUT2D eigenvalue weighted by molar-refractivity contribution is -0.155. The molecule has 0 aromatic heterocycles. The Morgan fingerprint density at radius 3 is 2.53 bits per heavy atom. The van der Waals surface area contributed by atoms with Gasteiger partial charge in [0.1, 0.15) is 6.04 Å². The largest absolute Gasteiger partial charge is 0.466 e. The Morgan fingerprint density at radius 2 is 1.90 bits per heavy atom. The van der Waals surface area contributed by atoms with Gasteiger partial charge in [0, 0.05) is 25.6 Å². The number of amides is 2. The molecule has 1 heterocycles. The molecule has 1 aliphatic heterocycles. The quantitative estimate of drug-likeness (QED) is 0.286. The second kappa shape index (κ2) is 12.1. The van der Waals surface area contributed by atoms with Crippen LogP contribution in [0.4, 0.5) is 0 Å². The van der Waals surface area contributed by atoms with Crippen molar-refractivity contribution in [1.29, 1.82) is 0 Å². The molecule has 0 spiro atoms. The minimum absolute atomic E-state index is 0.0626. The molecule has 0 saturated carbocycles. The van der Waals surface area contributed by atoms with Gasteiger partial charge in [-0.1, -0.05) is 32.4 Å². The number of carbonyl (C=O) groups is 3. The second-order valence-corrected chi connectivity index (χ2v) is 8.24. The number of unbranched alkanes of at least 4 members (excludes halogenated alkanes) is 3. The minimum atomic E-state index is -0.598. The van der Waals surface area contributed by atoms with Crippen LogP contribution in [0.15, 0.2) is 12.2 Å². The number of ether oxygens (including phenoxy) is 1. The highest BCUT2D eigenvalue weighted by atomic mass is 16.5. The summed E-state index contributed by atoms with van der Waals surface area (Å²) in [6.07, 6.45) is 8.75. The van der Waals surface area contributed by atoms with E-state index in [2.05, 4.69) is 12.2 Å². The molecule has 7 heteroatoms. The van der Waals surface area contributed by atoms with Gasteiger partial charge in [0.05, 0.1) is 18.4 Å². The van der Waals surface area contributed by atoms with Gasteiger partial charge in [0.25, 0.3) is 0 Å². The van der Waals surface area contributed by atoms with E-state index in [0.29, 0.717) is 19.5 Å². The number of rotatable bonds is 12. The van der Waals surface area contributed by atoms with E-state index in [1.165, 1.54) is 0 Å². The maximum absolute atomic E-state index is 13.5. The van der Waals surface area contributed by atoms with E-state index in [4.69, 9.17) is 9.84 Å². The highest BCUT2D eigenvalue weighted by Crippen LogP contribution is 2.45. The first-order valence-corrected chi connectivity index (χ1v) is 11.6. The first kappa shape index (κ1) is 24.4. The van der Waals surface area contributed by atoms with Crippen LogP contribution in [0.3, 0.4) is 0 Å². The Kier molecular flexibility index (Phi) is 9.82. The van der Waals surface area contributed by atoms with Gasteiger partial charge in [-0.15, -0.1) is 0 Å². The lowest BCUT2D eigenvalue weighted by Gasteiger charge is -2.33. The van der Waals surface area contributed by atoms with Crippen LogP contribution in [0.25, 0.3) is 0 Å². The number of aliphatic hydroxyl groups excluding tert-OH is 1. The monoisotopic (exact) mass is 422 g/mol. The van der Waals surface area contributed by atoms with Crippen LogP contribution < -0.4 is 5.32 Å². The van der Waals surface area contributed by atoms with Crippen molar-refractivity contribution in [2.45, 2.75) is 65.3 Å². The van der Waals surface area contributed by atoms with E-state index >= 15 is 0 Å². The standard InChI is InChI=1S/C23H38N2O5/c1-4-7-13-24-21(27)20-17-12-11-16(5-2)18(23(29)30-6-3)19(17)22(28)25(20)14-9-8-10-15-26/h11-12,16-20,26H,4-10,13-15H2,1-3H3,(H,24,27)/t16-,17+,18-,19+,20+/m1/s1. The molecule has 2 rings (SSSR count). The van der Waals surface area contributed by atoms with Crippen molar-refractivity contribution < 1.29 is 24.2 Å². The smallest absolute Gasteiger partial charge is 0.310 e. The SMILES string of the molecule is CCCCNC(=O)[C@@H]1[C@H]2C=C[C@@H](CC)[C@@H](C(=O)OCC)[C@H]2C(=O)N1CCCCCO. The summed E-state index contributed by atoms with van der Waals surface area (Å²) < 4.78 is 5.32. The number of nitrogens with zero attached hydrogens (tertiary/aromatic N) is 1. The Labute approximate surface area is 180 Å². The first-order chi connectivity index (χ1) is 14.5. The Hall–Kier alpha value is -1.89. The van der Waals surface area contributed by atoms with Crippen molar-refractivity contribution >= 4 is 17.8 Å². The summed E-state index contributed by atoms with van der Waals surface area (Å²) >= 11 is 0. The summed E-state index contributed by atoms with van der Waals surface area (Å²) in [5, 5.41) is 12.0. The molecule has 0 unspecified atom stereocenters. The van der Waals surface area contributed by atoms with Crippen molar-refractivity contribution in [3.8, 4) is 0 Å². The average Bonchev–Trinajstić information content (AvgIpc) is 3.02. The molecule has 0 bridgehead atoms. The zero-order valence-corrected chi connectivity index (χ0v) is 18.6. The predicted octanol–water partition coefficient (Wildman–Crippen LogP) is 2.28. The maximum atomic E-state index is 13.5. The number of aliphatic hydroxyl groups is 1. The summed E-state index contributed by atoms with van der Waals surface area (Å²) in [4.78, 5) is 41.0. The molecule has 170 valence electrons. The van der Waals surface area contributed by atoms with Crippen molar-refractivity contribution in [3.05, 3.63) is 12.2 Å². The number of hydrogen-bond donors (Lipinski definition) is 2. The molecule has 1 aliphatic carbocycles. The molecule has 1 fully saturated rings. The summed E-state index contributed by atoms with van der Waals surface area (Å²) in [6, 6.07) is -0.598. The van der Waals surface area contributed by atoms with E-state index in [1.807, 2.05) is 19.1 Å². The second-order valence-electron chi connectivity index (χ2n) is 8.24. The van der Waals surface area contributed by atoms with Crippen molar-refractivity contribution in [2.75, 3.05) is 26.3 Å². The summed E-state index contributed by atoms with van der Waals surface area (Å²) in [6.45, 7) is 7.26. The fourth-order valence-electron chi connectivity index (χ4n) is 4.75. The van der Waals surface area contributed by atoms with Crippen molar-refractivity contribution in [2.24, 2.45) is 23.7 Å². The van der Waals surface area contributed by atoms with Crippen LogP contribution in [0.1, 0.15) is 59.3 Å². The van der Waals surface area contributed by atoms with Crippen LogP contribution in [0.5, 0.6) is 0 Å². The molecule has 1 saturated heterocycles. The minimum Gasteiger partial charge on any atom is -0.466 e. The van der Waals surface area contributed by atoms with Gasteiger partial charge in [-0.05, 0) is 44.9 Å². The average molecular weight is 423 g/mol. The fraction of sp³-hybridized carbons (Fsp3) is 0.783. The van der Waals surface area contributed by atoms with E-state index in [1.54, 1.807) is 11.8 Å². The number of nitrogens with one attached hydrogen (secondary N) is 1. The van der Waals surface area contributed by atoms with E-state index in [0.717, 1.165) is 32.1 Å². The number of hydrogen-bond acceptors (Lipinski definition) is 5. The van der Waals surface area contributed by atoms with Gasteiger partial charge in [0.15, 0.2) is 0 Å². The number of carbonyl (C=O) groups excluding carboxylic acids is 3. The highest BCUT2D eigenvalue weighted by molar-refractivity contribution is 5.96.